The third-order valence-electron chi connectivity index (χ3n) is 7.58. The van der Waals surface area contributed by atoms with Gasteiger partial charge in [-0.3, -0.25) is 0 Å². The number of pyridine rings is 1. The van der Waals surface area contributed by atoms with Gasteiger partial charge in [-0.25, -0.2) is 4.98 Å². The SMILES string of the molecule is Cc1ccc2c(c1)c(P(=O)(c1ccc(C(C)(C)C)cc1)c1ccc(C(C)(C)C)cc1)nc1ccc(C)cc12. The van der Waals surface area contributed by atoms with Gasteiger partial charge in [0.2, 0.25) is 0 Å². The average molecular weight is 520 g/mol. The van der Waals surface area contributed by atoms with Crippen molar-refractivity contribution in [3.05, 3.63) is 107 Å². The molecule has 2 nitrogen and oxygen atoms in total. The molecule has 0 aliphatic carbocycles. The number of hydrogen-bond acceptors (Lipinski definition) is 2. The molecule has 4 aromatic carbocycles. The van der Waals surface area contributed by atoms with E-state index in [1.807, 2.05) is 0 Å². The summed E-state index contributed by atoms with van der Waals surface area (Å²) in [6.45, 7) is 17.4. The van der Waals surface area contributed by atoms with Crippen molar-refractivity contribution in [1.29, 1.82) is 0 Å². The van der Waals surface area contributed by atoms with E-state index >= 15 is 4.57 Å². The van der Waals surface area contributed by atoms with Crippen molar-refractivity contribution < 1.29 is 4.57 Å². The molecule has 0 N–H and O–H groups in total. The molecule has 0 amide bonds. The van der Waals surface area contributed by atoms with Gasteiger partial charge in [0.25, 0.3) is 0 Å². The first kappa shape index (κ1) is 26.4. The Hall–Kier alpha value is -3.22. The van der Waals surface area contributed by atoms with E-state index in [0.29, 0.717) is 5.44 Å². The molecule has 0 radical (unpaired) electrons. The Labute approximate surface area is 227 Å². The maximum absolute atomic E-state index is 15.7. The van der Waals surface area contributed by atoms with Crippen LogP contribution >= 0.6 is 7.14 Å². The molecule has 0 aliphatic heterocycles. The van der Waals surface area contributed by atoms with E-state index in [1.54, 1.807) is 0 Å². The molecule has 0 fully saturated rings. The van der Waals surface area contributed by atoms with Crippen LogP contribution in [0.15, 0.2) is 84.9 Å². The summed E-state index contributed by atoms with van der Waals surface area (Å²) in [7, 11) is -3.31. The van der Waals surface area contributed by atoms with Gasteiger partial charge in [0.1, 0.15) is 5.44 Å². The average Bonchev–Trinajstić information content (AvgIpc) is 2.87. The second kappa shape index (κ2) is 9.21. The van der Waals surface area contributed by atoms with Crippen molar-refractivity contribution in [2.45, 2.75) is 66.2 Å². The lowest BCUT2D eigenvalue weighted by atomic mass is 9.87. The smallest absolute Gasteiger partial charge is 0.189 e. The maximum Gasteiger partial charge on any atom is 0.189 e. The Morgan fingerprint density at radius 2 is 1.00 bits per heavy atom. The predicted octanol–water partition coefficient (Wildman–Crippen LogP) is 8.24. The molecule has 0 spiro atoms. The Balaban J connectivity index is 1.87. The number of aromatic nitrogens is 1. The van der Waals surface area contributed by atoms with E-state index in [-0.39, 0.29) is 10.8 Å². The zero-order chi connectivity index (χ0) is 27.5. The normalized spacial score (nSPS) is 12.8. The van der Waals surface area contributed by atoms with Crippen LogP contribution in [0.25, 0.3) is 21.7 Å². The first-order chi connectivity index (χ1) is 17.8. The molecule has 0 unspecified atom stereocenters. The van der Waals surface area contributed by atoms with Crippen molar-refractivity contribution >= 4 is 44.9 Å². The zero-order valence-corrected chi connectivity index (χ0v) is 24.8. The van der Waals surface area contributed by atoms with Gasteiger partial charge in [-0.2, -0.15) is 0 Å². The fourth-order valence-corrected chi connectivity index (χ4v) is 7.89. The summed E-state index contributed by atoms with van der Waals surface area (Å²) in [6.07, 6.45) is 0. The van der Waals surface area contributed by atoms with E-state index in [2.05, 4.69) is 140 Å². The summed E-state index contributed by atoms with van der Waals surface area (Å²) >= 11 is 0. The van der Waals surface area contributed by atoms with Crippen molar-refractivity contribution in [3.63, 3.8) is 0 Å². The lowest BCUT2D eigenvalue weighted by Gasteiger charge is -2.25. The third-order valence-corrected chi connectivity index (χ3v) is 10.6. The molecule has 1 heterocycles. The topological polar surface area (TPSA) is 30.0 Å². The second-order valence-electron chi connectivity index (χ2n) is 12.7. The number of rotatable bonds is 3. The second-order valence-corrected chi connectivity index (χ2v) is 15.4. The van der Waals surface area contributed by atoms with Crippen LogP contribution in [0, 0.1) is 13.8 Å². The van der Waals surface area contributed by atoms with E-state index in [9.17, 15) is 0 Å². The Kier molecular flexibility index (Phi) is 6.40. The number of fused-ring (bicyclic) bond motifs is 3. The minimum Gasteiger partial charge on any atom is -0.307 e. The first-order valence-corrected chi connectivity index (χ1v) is 15.1. The van der Waals surface area contributed by atoms with Crippen LogP contribution < -0.4 is 16.0 Å². The number of hydrogen-bond donors (Lipinski definition) is 0. The van der Waals surface area contributed by atoms with Gasteiger partial charge in [0.15, 0.2) is 7.14 Å². The molecule has 0 atom stereocenters. The largest absolute Gasteiger partial charge is 0.307 e. The molecule has 1 aromatic heterocycles. The number of benzene rings is 4. The van der Waals surface area contributed by atoms with Crippen molar-refractivity contribution in [3.8, 4) is 0 Å². The van der Waals surface area contributed by atoms with Crippen LogP contribution in [0.5, 0.6) is 0 Å². The molecular weight excluding hydrogens is 481 g/mol. The Morgan fingerprint density at radius 1 is 0.553 bits per heavy atom. The van der Waals surface area contributed by atoms with Crippen molar-refractivity contribution in [1.82, 2.24) is 4.98 Å². The molecule has 3 heteroatoms. The highest BCUT2D eigenvalue weighted by Crippen LogP contribution is 2.45. The highest BCUT2D eigenvalue weighted by atomic mass is 31.2. The molecular formula is C35H38NOP. The molecule has 5 rings (SSSR count). The van der Waals surface area contributed by atoms with Gasteiger partial charge < -0.3 is 4.57 Å². The summed E-state index contributed by atoms with van der Waals surface area (Å²) < 4.78 is 15.7. The molecule has 194 valence electrons. The van der Waals surface area contributed by atoms with E-state index in [4.69, 9.17) is 4.98 Å². The molecule has 0 saturated carbocycles. The zero-order valence-electron chi connectivity index (χ0n) is 23.9. The third kappa shape index (κ3) is 4.61. The van der Waals surface area contributed by atoms with Gasteiger partial charge in [0.05, 0.1) is 5.52 Å². The molecule has 5 aromatic rings. The van der Waals surface area contributed by atoms with Crippen molar-refractivity contribution in [2.75, 3.05) is 0 Å². The van der Waals surface area contributed by atoms with Gasteiger partial charge >= 0.3 is 0 Å². The quantitative estimate of drug-likeness (QED) is 0.177. The lowest BCUT2D eigenvalue weighted by Crippen LogP contribution is -2.28. The first-order valence-electron chi connectivity index (χ1n) is 13.4. The number of nitrogens with zero attached hydrogens (tertiary/aromatic N) is 1. The van der Waals surface area contributed by atoms with Crippen LogP contribution in [0.1, 0.15) is 63.8 Å². The van der Waals surface area contributed by atoms with Crippen molar-refractivity contribution in [2.24, 2.45) is 0 Å². The van der Waals surface area contributed by atoms with Gasteiger partial charge in [-0.15, -0.1) is 0 Å². The Bertz CT molecular complexity index is 1640. The van der Waals surface area contributed by atoms with Gasteiger partial charge in [-0.1, -0.05) is 119 Å². The lowest BCUT2D eigenvalue weighted by molar-refractivity contribution is 0.588. The van der Waals surface area contributed by atoms with E-state index in [1.165, 1.54) is 16.7 Å². The van der Waals surface area contributed by atoms with Gasteiger partial charge in [0, 0.05) is 21.4 Å². The fraction of sp³-hybridized carbons (Fsp3) is 0.286. The highest BCUT2D eigenvalue weighted by Gasteiger charge is 2.34. The van der Waals surface area contributed by atoms with E-state index < -0.39 is 7.14 Å². The Morgan fingerprint density at radius 3 is 1.47 bits per heavy atom. The van der Waals surface area contributed by atoms with Crippen LogP contribution in [-0.2, 0) is 15.4 Å². The standard InChI is InChI=1S/C35H38NOP/c1-23-9-19-29-30-21-24(2)10-20-32(30)36-33(31(29)22-23)38(37,27-15-11-25(12-16-27)34(3,4)5)28-17-13-26(14-18-28)35(6,7)8/h9-22H,1-8H3. The molecule has 0 saturated heterocycles. The molecule has 0 aliphatic rings. The fourth-order valence-electron chi connectivity index (χ4n) is 5.19. The van der Waals surface area contributed by atoms with Crippen LogP contribution in [0.2, 0.25) is 0 Å². The predicted molar refractivity (Wildman–Crippen MR) is 166 cm³/mol. The molecule has 0 bridgehead atoms. The number of aryl methyl sites for hydroxylation is 2. The van der Waals surface area contributed by atoms with Crippen LogP contribution in [-0.4, -0.2) is 4.98 Å². The summed E-state index contributed by atoms with van der Waals surface area (Å²) in [5.41, 5.74) is 6.33. The molecule has 38 heavy (non-hydrogen) atoms. The van der Waals surface area contributed by atoms with Crippen LogP contribution in [0.3, 0.4) is 0 Å². The van der Waals surface area contributed by atoms with Gasteiger partial charge in [-0.05, 0) is 59.4 Å². The summed E-state index contributed by atoms with van der Waals surface area (Å²) in [6, 6.07) is 29.5. The summed E-state index contributed by atoms with van der Waals surface area (Å²) in [5.74, 6) is 0. The minimum atomic E-state index is -3.31. The maximum atomic E-state index is 15.7. The minimum absolute atomic E-state index is 0.0136. The monoisotopic (exact) mass is 519 g/mol. The summed E-state index contributed by atoms with van der Waals surface area (Å²) in [4.78, 5) is 5.19. The van der Waals surface area contributed by atoms with E-state index in [0.717, 1.165) is 37.8 Å². The van der Waals surface area contributed by atoms with Crippen LogP contribution in [0.4, 0.5) is 0 Å². The summed E-state index contributed by atoms with van der Waals surface area (Å²) in [5, 5.41) is 4.79. The highest BCUT2D eigenvalue weighted by molar-refractivity contribution is 7.85.